The van der Waals surface area contributed by atoms with Crippen molar-refractivity contribution in [2.24, 2.45) is 17.4 Å². The summed E-state index contributed by atoms with van der Waals surface area (Å²) in [7, 11) is 0. The van der Waals surface area contributed by atoms with Gasteiger partial charge < -0.3 is 21.3 Å². The molecule has 21 heavy (non-hydrogen) atoms. The van der Waals surface area contributed by atoms with Gasteiger partial charge in [-0.15, -0.1) is 0 Å². The van der Waals surface area contributed by atoms with Crippen LogP contribution in [0.4, 0.5) is 0 Å². The van der Waals surface area contributed by atoms with Crippen LogP contribution in [0.15, 0.2) is 0 Å². The van der Waals surface area contributed by atoms with Crippen LogP contribution in [0, 0.1) is 5.92 Å². The van der Waals surface area contributed by atoms with Gasteiger partial charge in [0.25, 0.3) is 0 Å². The Morgan fingerprint density at radius 2 is 1.57 bits per heavy atom. The Hall–Kier alpha value is -1.63. The fourth-order valence-corrected chi connectivity index (χ4v) is 3.20. The SMILES string of the molecule is CC(=O)N1CCN(C(=O)C2(N)CCCC2)C[C@H](C(N)=O)C1. The van der Waals surface area contributed by atoms with Crippen LogP contribution in [0.3, 0.4) is 0 Å². The number of carbonyl (C=O) groups is 3. The first kappa shape index (κ1) is 15.8. The lowest BCUT2D eigenvalue weighted by Crippen LogP contribution is -2.55. The monoisotopic (exact) mass is 296 g/mol. The van der Waals surface area contributed by atoms with E-state index in [2.05, 4.69) is 0 Å². The van der Waals surface area contributed by atoms with Gasteiger partial charge in [0, 0.05) is 33.1 Å². The van der Waals surface area contributed by atoms with Crippen LogP contribution in [-0.4, -0.2) is 59.2 Å². The van der Waals surface area contributed by atoms with Crippen molar-refractivity contribution in [1.82, 2.24) is 9.80 Å². The van der Waals surface area contributed by atoms with E-state index in [4.69, 9.17) is 11.5 Å². The molecule has 0 aromatic heterocycles. The second kappa shape index (κ2) is 6.01. The number of primary amides is 1. The molecule has 7 heteroatoms. The van der Waals surface area contributed by atoms with Crippen molar-refractivity contribution in [3.8, 4) is 0 Å². The predicted molar refractivity (Wildman–Crippen MR) is 76.9 cm³/mol. The fraction of sp³-hybridized carbons (Fsp3) is 0.786. The van der Waals surface area contributed by atoms with E-state index >= 15 is 0 Å². The van der Waals surface area contributed by atoms with Gasteiger partial charge >= 0.3 is 0 Å². The first-order chi connectivity index (χ1) is 9.83. The van der Waals surface area contributed by atoms with Crippen molar-refractivity contribution >= 4 is 17.7 Å². The van der Waals surface area contributed by atoms with Crippen LogP contribution < -0.4 is 11.5 Å². The third-order valence-electron chi connectivity index (χ3n) is 4.58. The molecule has 1 heterocycles. The molecule has 4 N–H and O–H groups in total. The van der Waals surface area contributed by atoms with Crippen LogP contribution >= 0.6 is 0 Å². The number of hydrogen-bond donors (Lipinski definition) is 2. The molecule has 0 aromatic carbocycles. The Labute approximate surface area is 124 Å². The predicted octanol–water partition coefficient (Wildman–Crippen LogP) is -0.950. The Morgan fingerprint density at radius 1 is 1.05 bits per heavy atom. The normalized spacial score (nSPS) is 25.5. The molecule has 2 fully saturated rings. The molecule has 7 nitrogen and oxygen atoms in total. The minimum atomic E-state index is -0.812. The molecule has 1 aliphatic heterocycles. The standard InChI is InChI=1S/C14H24N4O3/c1-10(19)17-6-7-18(9-11(8-17)12(15)20)13(21)14(16)4-2-3-5-14/h11H,2-9,16H2,1H3,(H2,15,20)/t11-/m1/s1. The smallest absolute Gasteiger partial charge is 0.242 e. The van der Waals surface area contributed by atoms with Gasteiger partial charge in [-0.1, -0.05) is 12.8 Å². The lowest BCUT2D eigenvalue weighted by atomic mass is 9.96. The molecule has 2 aliphatic rings. The number of carbonyl (C=O) groups excluding carboxylic acids is 3. The lowest BCUT2D eigenvalue weighted by Gasteiger charge is -2.31. The molecule has 118 valence electrons. The van der Waals surface area contributed by atoms with Crippen LogP contribution in [0.25, 0.3) is 0 Å². The minimum absolute atomic E-state index is 0.112. The van der Waals surface area contributed by atoms with Crippen LogP contribution in [0.2, 0.25) is 0 Å². The van der Waals surface area contributed by atoms with Crippen molar-refractivity contribution < 1.29 is 14.4 Å². The molecule has 0 radical (unpaired) electrons. The van der Waals surface area contributed by atoms with E-state index in [0.29, 0.717) is 25.9 Å². The van der Waals surface area contributed by atoms with Gasteiger partial charge in [0.1, 0.15) is 0 Å². The summed E-state index contributed by atoms with van der Waals surface area (Å²) in [4.78, 5) is 39.0. The maximum atomic E-state index is 12.7. The molecule has 0 bridgehead atoms. The first-order valence-electron chi connectivity index (χ1n) is 7.46. The second-order valence-electron chi connectivity index (χ2n) is 6.18. The molecule has 1 atom stereocenters. The molecule has 0 aromatic rings. The Morgan fingerprint density at radius 3 is 2.10 bits per heavy atom. The maximum Gasteiger partial charge on any atom is 0.242 e. The van der Waals surface area contributed by atoms with Crippen LogP contribution in [0.5, 0.6) is 0 Å². The van der Waals surface area contributed by atoms with E-state index in [1.165, 1.54) is 6.92 Å². The summed E-state index contributed by atoms with van der Waals surface area (Å²) in [5, 5.41) is 0. The molecule has 2 rings (SSSR count). The van der Waals surface area contributed by atoms with Crippen molar-refractivity contribution in [1.29, 1.82) is 0 Å². The zero-order valence-corrected chi connectivity index (χ0v) is 12.5. The van der Waals surface area contributed by atoms with E-state index in [1.54, 1.807) is 9.80 Å². The van der Waals surface area contributed by atoms with Crippen molar-refractivity contribution in [2.45, 2.75) is 38.1 Å². The van der Waals surface area contributed by atoms with E-state index in [9.17, 15) is 14.4 Å². The molecule has 1 saturated heterocycles. The Bertz CT molecular complexity index is 446. The largest absolute Gasteiger partial charge is 0.369 e. The topological polar surface area (TPSA) is 110 Å². The number of hydrogen-bond acceptors (Lipinski definition) is 4. The van der Waals surface area contributed by atoms with E-state index in [0.717, 1.165) is 12.8 Å². The fourth-order valence-electron chi connectivity index (χ4n) is 3.20. The highest BCUT2D eigenvalue weighted by Gasteiger charge is 2.41. The zero-order valence-electron chi connectivity index (χ0n) is 12.5. The number of nitrogens with two attached hydrogens (primary N) is 2. The summed E-state index contributed by atoms with van der Waals surface area (Å²) in [6.45, 7) is 2.79. The molecule has 3 amide bonds. The van der Waals surface area contributed by atoms with Gasteiger partial charge in [-0.2, -0.15) is 0 Å². The Balaban J connectivity index is 2.14. The lowest BCUT2D eigenvalue weighted by molar-refractivity contribution is -0.138. The summed E-state index contributed by atoms with van der Waals surface area (Å²) >= 11 is 0. The third-order valence-corrected chi connectivity index (χ3v) is 4.58. The van der Waals surface area contributed by atoms with Crippen LogP contribution in [-0.2, 0) is 14.4 Å². The molecular formula is C14H24N4O3. The van der Waals surface area contributed by atoms with Gasteiger partial charge in [-0.25, -0.2) is 0 Å². The van der Waals surface area contributed by atoms with Crippen molar-refractivity contribution in [3.05, 3.63) is 0 Å². The highest BCUT2D eigenvalue weighted by molar-refractivity contribution is 5.87. The minimum Gasteiger partial charge on any atom is -0.369 e. The highest BCUT2D eigenvalue weighted by atomic mass is 16.2. The Kier molecular flexibility index (Phi) is 4.51. The highest BCUT2D eigenvalue weighted by Crippen LogP contribution is 2.29. The summed E-state index contributed by atoms with van der Waals surface area (Å²) in [6, 6.07) is 0. The summed E-state index contributed by atoms with van der Waals surface area (Å²) in [6.07, 6.45) is 3.27. The number of rotatable bonds is 2. The summed E-state index contributed by atoms with van der Waals surface area (Å²) in [5.41, 5.74) is 10.8. The average molecular weight is 296 g/mol. The second-order valence-corrected chi connectivity index (χ2v) is 6.18. The summed E-state index contributed by atoms with van der Waals surface area (Å²) in [5.74, 6) is -1.25. The van der Waals surface area contributed by atoms with Crippen LogP contribution in [0.1, 0.15) is 32.6 Å². The average Bonchev–Trinajstić information content (AvgIpc) is 2.74. The van der Waals surface area contributed by atoms with Crippen molar-refractivity contribution in [3.63, 3.8) is 0 Å². The van der Waals surface area contributed by atoms with Gasteiger partial charge in [0.2, 0.25) is 17.7 Å². The molecule has 1 saturated carbocycles. The van der Waals surface area contributed by atoms with Gasteiger partial charge in [-0.05, 0) is 12.8 Å². The quantitative estimate of drug-likeness (QED) is 0.684. The van der Waals surface area contributed by atoms with Gasteiger partial charge in [-0.3, -0.25) is 14.4 Å². The maximum absolute atomic E-state index is 12.7. The van der Waals surface area contributed by atoms with E-state index in [1.807, 2.05) is 0 Å². The molecular weight excluding hydrogens is 272 g/mol. The molecule has 1 aliphatic carbocycles. The first-order valence-corrected chi connectivity index (χ1v) is 7.46. The van der Waals surface area contributed by atoms with E-state index in [-0.39, 0.29) is 24.9 Å². The van der Waals surface area contributed by atoms with E-state index < -0.39 is 17.4 Å². The number of nitrogens with zero attached hydrogens (tertiary/aromatic N) is 2. The molecule has 0 spiro atoms. The van der Waals surface area contributed by atoms with Gasteiger partial charge in [0.05, 0.1) is 11.5 Å². The third kappa shape index (κ3) is 3.34. The number of amides is 3. The van der Waals surface area contributed by atoms with Crippen molar-refractivity contribution in [2.75, 3.05) is 26.2 Å². The molecule has 0 unspecified atom stereocenters. The zero-order chi connectivity index (χ0) is 15.6. The summed E-state index contributed by atoms with van der Waals surface area (Å²) < 4.78 is 0. The van der Waals surface area contributed by atoms with Gasteiger partial charge in [0.15, 0.2) is 0 Å².